The standard InChI is InChI=1S/C11H17NOS/c1-12-6-4-11(13,5-7-12)9-10-3-2-8-14-10/h2-3,8,13H,4-7,9H2,1H3. The van der Waals surface area contributed by atoms with Crippen LogP contribution in [0.4, 0.5) is 0 Å². The molecule has 0 radical (unpaired) electrons. The van der Waals surface area contributed by atoms with Gasteiger partial charge in [0.05, 0.1) is 5.60 Å². The fourth-order valence-electron chi connectivity index (χ4n) is 1.95. The molecule has 0 aliphatic carbocycles. The Labute approximate surface area is 89.2 Å². The summed E-state index contributed by atoms with van der Waals surface area (Å²) in [6, 6.07) is 4.17. The Bertz CT molecular complexity index is 275. The Hall–Kier alpha value is -0.380. The summed E-state index contributed by atoms with van der Waals surface area (Å²) in [5.74, 6) is 0. The lowest BCUT2D eigenvalue weighted by Gasteiger charge is -2.36. The SMILES string of the molecule is CN1CCC(O)(Cc2cccs2)CC1. The van der Waals surface area contributed by atoms with Gasteiger partial charge in [-0.3, -0.25) is 0 Å². The molecule has 0 amide bonds. The summed E-state index contributed by atoms with van der Waals surface area (Å²) >= 11 is 1.74. The Kier molecular flexibility index (Phi) is 2.91. The minimum absolute atomic E-state index is 0.447. The molecule has 0 unspecified atom stereocenters. The monoisotopic (exact) mass is 211 g/mol. The van der Waals surface area contributed by atoms with Gasteiger partial charge in [-0.15, -0.1) is 11.3 Å². The molecule has 0 spiro atoms. The molecule has 0 aromatic carbocycles. The highest BCUT2D eigenvalue weighted by Crippen LogP contribution is 2.27. The van der Waals surface area contributed by atoms with E-state index in [0.717, 1.165) is 32.4 Å². The van der Waals surface area contributed by atoms with Crippen molar-refractivity contribution in [2.45, 2.75) is 24.9 Å². The summed E-state index contributed by atoms with van der Waals surface area (Å²) in [5.41, 5.74) is -0.447. The number of nitrogens with zero attached hydrogens (tertiary/aromatic N) is 1. The lowest BCUT2D eigenvalue weighted by atomic mass is 9.88. The van der Waals surface area contributed by atoms with Gasteiger partial charge in [0.1, 0.15) is 0 Å². The van der Waals surface area contributed by atoms with E-state index in [4.69, 9.17) is 0 Å². The average molecular weight is 211 g/mol. The zero-order chi connectivity index (χ0) is 10.0. The van der Waals surface area contributed by atoms with E-state index in [2.05, 4.69) is 29.5 Å². The number of hydrogen-bond donors (Lipinski definition) is 1. The molecule has 78 valence electrons. The van der Waals surface area contributed by atoms with Crippen molar-refractivity contribution >= 4 is 11.3 Å². The van der Waals surface area contributed by atoms with Gasteiger partial charge in [0.15, 0.2) is 0 Å². The Morgan fingerprint density at radius 1 is 1.50 bits per heavy atom. The summed E-state index contributed by atoms with van der Waals surface area (Å²) < 4.78 is 0. The highest BCUT2D eigenvalue weighted by atomic mass is 32.1. The van der Waals surface area contributed by atoms with Crippen molar-refractivity contribution in [2.24, 2.45) is 0 Å². The highest BCUT2D eigenvalue weighted by Gasteiger charge is 2.31. The average Bonchev–Trinajstić information content (AvgIpc) is 2.63. The maximum absolute atomic E-state index is 10.3. The van der Waals surface area contributed by atoms with Crippen molar-refractivity contribution < 1.29 is 5.11 Å². The summed E-state index contributed by atoms with van der Waals surface area (Å²) in [5, 5.41) is 12.4. The van der Waals surface area contributed by atoms with Gasteiger partial charge < -0.3 is 10.0 Å². The zero-order valence-corrected chi connectivity index (χ0v) is 9.39. The van der Waals surface area contributed by atoms with Crippen LogP contribution in [0.2, 0.25) is 0 Å². The second-order valence-corrected chi connectivity index (χ2v) is 5.32. The highest BCUT2D eigenvalue weighted by molar-refractivity contribution is 7.09. The van der Waals surface area contributed by atoms with Gasteiger partial charge in [0, 0.05) is 24.4 Å². The van der Waals surface area contributed by atoms with Crippen LogP contribution in [0.5, 0.6) is 0 Å². The van der Waals surface area contributed by atoms with Gasteiger partial charge in [-0.2, -0.15) is 0 Å². The number of aliphatic hydroxyl groups is 1. The molecule has 2 rings (SSSR count). The van der Waals surface area contributed by atoms with E-state index in [0.29, 0.717) is 0 Å². The van der Waals surface area contributed by atoms with Crippen LogP contribution in [0.25, 0.3) is 0 Å². The van der Waals surface area contributed by atoms with Crippen LogP contribution in [0.3, 0.4) is 0 Å². The van der Waals surface area contributed by atoms with E-state index in [1.165, 1.54) is 4.88 Å². The predicted octanol–water partition coefficient (Wildman–Crippen LogP) is 1.75. The first-order valence-electron chi connectivity index (χ1n) is 5.11. The van der Waals surface area contributed by atoms with Gasteiger partial charge >= 0.3 is 0 Å². The van der Waals surface area contributed by atoms with Crippen molar-refractivity contribution in [3.63, 3.8) is 0 Å². The van der Waals surface area contributed by atoms with Crippen LogP contribution in [-0.4, -0.2) is 35.7 Å². The van der Waals surface area contributed by atoms with E-state index < -0.39 is 5.60 Å². The molecule has 1 fully saturated rings. The lowest BCUT2D eigenvalue weighted by molar-refractivity contribution is -0.0144. The first kappa shape index (κ1) is 10.1. The van der Waals surface area contributed by atoms with Gasteiger partial charge in [-0.1, -0.05) is 6.07 Å². The molecular formula is C11H17NOS. The van der Waals surface area contributed by atoms with Gasteiger partial charge in [0.2, 0.25) is 0 Å². The molecule has 0 atom stereocenters. The smallest absolute Gasteiger partial charge is 0.0720 e. The summed E-state index contributed by atoms with van der Waals surface area (Å²) in [6.07, 6.45) is 2.64. The fraction of sp³-hybridized carbons (Fsp3) is 0.636. The van der Waals surface area contributed by atoms with E-state index >= 15 is 0 Å². The number of thiophene rings is 1. The maximum Gasteiger partial charge on any atom is 0.0720 e. The molecule has 1 aromatic rings. The van der Waals surface area contributed by atoms with E-state index in [1.54, 1.807) is 11.3 Å². The minimum Gasteiger partial charge on any atom is -0.389 e. The number of rotatable bonds is 2. The quantitative estimate of drug-likeness (QED) is 0.805. The number of likely N-dealkylation sites (tertiary alicyclic amines) is 1. The molecule has 1 aromatic heterocycles. The molecule has 2 nitrogen and oxygen atoms in total. The molecule has 0 saturated carbocycles. The number of hydrogen-bond acceptors (Lipinski definition) is 3. The largest absolute Gasteiger partial charge is 0.389 e. The fourth-order valence-corrected chi connectivity index (χ4v) is 2.79. The van der Waals surface area contributed by atoms with Gasteiger partial charge in [0.25, 0.3) is 0 Å². The lowest BCUT2D eigenvalue weighted by Crippen LogP contribution is -2.43. The van der Waals surface area contributed by atoms with Crippen LogP contribution < -0.4 is 0 Å². The topological polar surface area (TPSA) is 23.5 Å². The van der Waals surface area contributed by atoms with Crippen molar-refractivity contribution in [3.8, 4) is 0 Å². The van der Waals surface area contributed by atoms with Crippen LogP contribution in [-0.2, 0) is 6.42 Å². The van der Waals surface area contributed by atoms with Crippen LogP contribution in [0.15, 0.2) is 17.5 Å². The van der Waals surface area contributed by atoms with Crippen LogP contribution in [0, 0.1) is 0 Å². The first-order chi connectivity index (χ1) is 6.68. The van der Waals surface area contributed by atoms with E-state index in [9.17, 15) is 5.11 Å². The number of piperidine rings is 1. The first-order valence-corrected chi connectivity index (χ1v) is 5.99. The maximum atomic E-state index is 10.3. The van der Waals surface area contributed by atoms with Crippen molar-refractivity contribution in [2.75, 3.05) is 20.1 Å². The Balaban J connectivity index is 1.96. The van der Waals surface area contributed by atoms with Crippen molar-refractivity contribution in [1.82, 2.24) is 4.90 Å². The second-order valence-electron chi connectivity index (χ2n) is 4.28. The summed E-state index contributed by atoms with van der Waals surface area (Å²) in [7, 11) is 2.12. The molecule has 14 heavy (non-hydrogen) atoms. The molecule has 1 aliphatic rings. The van der Waals surface area contributed by atoms with Gasteiger partial charge in [-0.05, 0) is 31.3 Å². The van der Waals surface area contributed by atoms with Crippen molar-refractivity contribution in [1.29, 1.82) is 0 Å². The molecule has 1 N–H and O–H groups in total. The van der Waals surface area contributed by atoms with Crippen LogP contribution >= 0.6 is 11.3 Å². The van der Waals surface area contributed by atoms with E-state index in [1.807, 2.05) is 0 Å². The Morgan fingerprint density at radius 2 is 2.21 bits per heavy atom. The zero-order valence-electron chi connectivity index (χ0n) is 8.57. The summed E-state index contributed by atoms with van der Waals surface area (Å²) in [4.78, 5) is 3.58. The Morgan fingerprint density at radius 3 is 2.79 bits per heavy atom. The molecule has 1 saturated heterocycles. The molecule has 1 aliphatic heterocycles. The van der Waals surface area contributed by atoms with E-state index in [-0.39, 0.29) is 0 Å². The molecule has 3 heteroatoms. The second kappa shape index (κ2) is 4.01. The minimum atomic E-state index is -0.447. The normalized spacial score (nSPS) is 22.4. The molecule has 2 heterocycles. The molecular weight excluding hydrogens is 194 g/mol. The summed E-state index contributed by atoms with van der Waals surface area (Å²) in [6.45, 7) is 2.03. The third kappa shape index (κ3) is 2.35. The van der Waals surface area contributed by atoms with Crippen molar-refractivity contribution in [3.05, 3.63) is 22.4 Å². The predicted molar refractivity (Wildman–Crippen MR) is 59.7 cm³/mol. The third-order valence-corrected chi connectivity index (χ3v) is 3.88. The molecule has 0 bridgehead atoms. The van der Waals surface area contributed by atoms with Gasteiger partial charge in [-0.25, -0.2) is 0 Å². The third-order valence-electron chi connectivity index (χ3n) is 3.00. The van der Waals surface area contributed by atoms with Crippen LogP contribution in [0.1, 0.15) is 17.7 Å².